The smallest absolute Gasteiger partial charge is 0.389 e. The summed E-state index contributed by atoms with van der Waals surface area (Å²) in [5.41, 5.74) is 3.68. The summed E-state index contributed by atoms with van der Waals surface area (Å²) in [5, 5.41) is 19.0. The van der Waals surface area contributed by atoms with Gasteiger partial charge < -0.3 is 15.9 Å². The van der Waals surface area contributed by atoms with Gasteiger partial charge in [0.2, 0.25) is 0 Å². The summed E-state index contributed by atoms with van der Waals surface area (Å²) in [6.45, 7) is -0.338. The highest BCUT2D eigenvalue weighted by atomic mass is 19.4. The molecule has 0 fully saturated rings. The monoisotopic (exact) mass is 263 g/mol. The molecule has 0 bridgehead atoms. The third kappa shape index (κ3) is 3.06. The molecule has 0 aliphatic rings. The maximum Gasteiger partial charge on any atom is 0.416 e. The molecular formula is C11H12F3NO3. The lowest BCUT2D eigenvalue weighted by atomic mass is 9.96. The third-order valence-electron chi connectivity index (χ3n) is 2.47. The lowest BCUT2D eigenvalue weighted by Gasteiger charge is -2.19. The van der Waals surface area contributed by atoms with Gasteiger partial charge in [-0.3, -0.25) is 4.79 Å². The van der Waals surface area contributed by atoms with Gasteiger partial charge in [0.25, 0.3) is 0 Å². The number of carbonyl (C=O) groups excluding carboxylic acids is 1. The van der Waals surface area contributed by atoms with Crippen LogP contribution < -0.4 is 5.73 Å². The molecule has 0 radical (unpaired) electrons. The Kier molecular flexibility index (Phi) is 4.44. The van der Waals surface area contributed by atoms with E-state index in [1.54, 1.807) is 0 Å². The van der Waals surface area contributed by atoms with E-state index in [4.69, 9.17) is 5.73 Å². The Bertz CT molecular complexity index is 434. The van der Waals surface area contributed by atoms with Gasteiger partial charge in [-0.2, -0.15) is 13.2 Å². The maximum atomic E-state index is 12.5. The van der Waals surface area contributed by atoms with E-state index >= 15 is 0 Å². The molecule has 4 N–H and O–H groups in total. The van der Waals surface area contributed by atoms with Gasteiger partial charge in [-0.05, 0) is 17.7 Å². The van der Waals surface area contributed by atoms with Crippen molar-refractivity contribution < 1.29 is 28.2 Å². The third-order valence-corrected chi connectivity index (χ3v) is 2.47. The molecule has 0 saturated heterocycles. The number of nitrogens with two attached hydrogens (primary N) is 1. The molecule has 0 heterocycles. The molecule has 0 aromatic heterocycles. The van der Waals surface area contributed by atoms with Crippen LogP contribution in [-0.4, -0.2) is 29.1 Å². The normalized spacial score (nSPS) is 15.2. The van der Waals surface area contributed by atoms with E-state index in [0.29, 0.717) is 12.4 Å². The van der Waals surface area contributed by atoms with Crippen molar-refractivity contribution in [3.63, 3.8) is 0 Å². The second-order valence-electron chi connectivity index (χ2n) is 3.71. The zero-order chi connectivity index (χ0) is 13.9. The number of hydrogen-bond acceptors (Lipinski definition) is 4. The molecule has 2 atom stereocenters. The SMILES string of the molecule is NCC(O)C(O)c1cc(C(F)(F)F)ccc1C=O. The summed E-state index contributed by atoms with van der Waals surface area (Å²) in [4.78, 5) is 10.7. The zero-order valence-corrected chi connectivity index (χ0v) is 9.19. The number of carbonyl (C=O) groups is 1. The van der Waals surface area contributed by atoms with Crippen LogP contribution in [0.3, 0.4) is 0 Å². The first-order valence-electron chi connectivity index (χ1n) is 5.03. The second-order valence-corrected chi connectivity index (χ2v) is 3.71. The van der Waals surface area contributed by atoms with Gasteiger partial charge in [-0.1, -0.05) is 6.07 Å². The van der Waals surface area contributed by atoms with Gasteiger partial charge in [-0.25, -0.2) is 0 Å². The van der Waals surface area contributed by atoms with E-state index in [9.17, 15) is 28.2 Å². The fourth-order valence-electron chi connectivity index (χ4n) is 1.45. The first-order chi connectivity index (χ1) is 8.31. The van der Waals surface area contributed by atoms with Crippen LogP contribution in [-0.2, 0) is 6.18 Å². The minimum Gasteiger partial charge on any atom is -0.389 e. The van der Waals surface area contributed by atoms with Crippen molar-refractivity contribution in [1.82, 2.24) is 0 Å². The van der Waals surface area contributed by atoms with E-state index in [-0.39, 0.29) is 17.7 Å². The van der Waals surface area contributed by atoms with Crippen LogP contribution in [0.4, 0.5) is 13.2 Å². The van der Waals surface area contributed by atoms with Gasteiger partial charge in [0.1, 0.15) is 12.4 Å². The lowest BCUT2D eigenvalue weighted by molar-refractivity contribution is -0.137. The summed E-state index contributed by atoms with van der Waals surface area (Å²) in [6.07, 6.45) is -7.37. The minimum absolute atomic E-state index is 0.122. The minimum atomic E-state index is -4.59. The average molecular weight is 263 g/mol. The number of halogens is 3. The molecule has 0 spiro atoms. The first kappa shape index (κ1) is 14.6. The van der Waals surface area contributed by atoms with Gasteiger partial charge in [0.05, 0.1) is 11.7 Å². The molecule has 1 aromatic rings. The van der Waals surface area contributed by atoms with Gasteiger partial charge in [-0.15, -0.1) is 0 Å². The number of hydrogen-bond donors (Lipinski definition) is 3. The molecule has 2 unspecified atom stereocenters. The Labute approximate surface area is 101 Å². The van der Waals surface area contributed by atoms with Crippen molar-refractivity contribution >= 4 is 6.29 Å². The van der Waals surface area contributed by atoms with Crippen molar-refractivity contribution in [2.24, 2.45) is 5.73 Å². The Hall–Kier alpha value is -1.44. The summed E-state index contributed by atoms with van der Waals surface area (Å²) in [5.74, 6) is 0. The Morgan fingerprint density at radius 2 is 1.94 bits per heavy atom. The van der Waals surface area contributed by atoms with Crippen molar-refractivity contribution in [2.45, 2.75) is 18.4 Å². The van der Waals surface area contributed by atoms with Crippen LogP contribution in [0.25, 0.3) is 0 Å². The Morgan fingerprint density at radius 1 is 1.33 bits per heavy atom. The Balaban J connectivity index is 3.26. The molecule has 1 rings (SSSR count). The van der Waals surface area contributed by atoms with Crippen LogP contribution in [0, 0.1) is 0 Å². The van der Waals surface area contributed by atoms with Crippen molar-refractivity contribution in [1.29, 1.82) is 0 Å². The van der Waals surface area contributed by atoms with E-state index in [1.165, 1.54) is 0 Å². The number of aliphatic hydroxyl groups is 2. The lowest BCUT2D eigenvalue weighted by Crippen LogP contribution is -2.28. The fourth-order valence-corrected chi connectivity index (χ4v) is 1.45. The van der Waals surface area contributed by atoms with Crippen molar-refractivity contribution in [3.05, 3.63) is 34.9 Å². The molecule has 18 heavy (non-hydrogen) atoms. The van der Waals surface area contributed by atoms with Gasteiger partial charge in [0, 0.05) is 12.1 Å². The maximum absolute atomic E-state index is 12.5. The highest BCUT2D eigenvalue weighted by Crippen LogP contribution is 2.32. The number of aldehydes is 1. The highest BCUT2D eigenvalue weighted by Gasteiger charge is 2.32. The summed E-state index contributed by atoms with van der Waals surface area (Å²) < 4.78 is 37.5. The molecule has 0 aliphatic carbocycles. The highest BCUT2D eigenvalue weighted by molar-refractivity contribution is 5.77. The van der Waals surface area contributed by atoms with E-state index in [0.717, 1.165) is 12.1 Å². The largest absolute Gasteiger partial charge is 0.416 e. The van der Waals surface area contributed by atoms with Crippen LogP contribution >= 0.6 is 0 Å². The molecule has 0 saturated carbocycles. The van der Waals surface area contributed by atoms with Gasteiger partial charge in [0.15, 0.2) is 0 Å². The molecular weight excluding hydrogens is 251 g/mol. The topological polar surface area (TPSA) is 83.6 Å². The van der Waals surface area contributed by atoms with Crippen LogP contribution in [0.2, 0.25) is 0 Å². The number of aliphatic hydroxyl groups excluding tert-OH is 2. The predicted molar refractivity (Wildman–Crippen MR) is 56.9 cm³/mol. The molecule has 4 nitrogen and oxygen atoms in total. The van der Waals surface area contributed by atoms with Crippen LogP contribution in [0.5, 0.6) is 0 Å². The Morgan fingerprint density at radius 3 is 2.39 bits per heavy atom. The summed E-state index contributed by atoms with van der Waals surface area (Å²) >= 11 is 0. The van der Waals surface area contributed by atoms with Crippen molar-refractivity contribution in [2.75, 3.05) is 6.54 Å². The molecule has 1 aromatic carbocycles. The fraction of sp³-hybridized carbons (Fsp3) is 0.364. The van der Waals surface area contributed by atoms with E-state index in [1.807, 2.05) is 0 Å². The number of benzene rings is 1. The summed E-state index contributed by atoms with van der Waals surface area (Å²) in [6, 6.07) is 2.31. The summed E-state index contributed by atoms with van der Waals surface area (Å²) in [7, 11) is 0. The predicted octanol–water partition coefficient (Wildman–Crippen LogP) is 0.871. The van der Waals surface area contributed by atoms with Crippen molar-refractivity contribution in [3.8, 4) is 0 Å². The molecule has 7 heteroatoms. The number of rotatable bonds is 4. The quantitative estimate of drug-likeness (QED) is 0.704. The van der Waals surface area contributed by atoms with Crippen LogP contribution in [0.1, 0.15) is 27.6 Å². The zero-order valence-electron chi connectivity index (χ0n) is 9.19. The average Bonchev–Trinajstić information content (AvgIpc) is 2.35. The van der Waals surface area contributed by atoms with Gasteiger partial charge >= 0.3 is 6.18 Å². The molecule has 100 valence electrons. The number of alkyl halides is 3. The molecule has 0 amide bonds. The van der Waals surface area contributed by atoms with E-state index in [2.05, 4.69) is 0 Å². The second kappa shape index (κ2) is 5.47. The first-order valence-corrected chi connectivity index (χ1v) is 5.03. The van der Waals surface area contributed by atoms with Crippen LogP contribution in [0.15, 0.2) is 18.2 Å². The molecule has 0 aliphatic heterocycles. The standard InChI is InChI=1S/C11H12F3NO3/c12-11(13,14)7-2-1-6(5-16)8(3-7)10(18)9(17)4-15/h1-3,5,9-10,17-18H,4,15H2. The van der Waals surface area contributed by atoms with E-state index < -0.39 is 23.9 Å².